The number of rotatable bonds is 0. The van der Waals surface area contributed by atoms with E-state index in [1.165, 1.54) is 0 Å². The molecule has 0 saturated carbocycles. The predicted molar refractivity (Wildman–Crippen MR) is 57.8 cm³/mol. The largest absolute Gasteiger partial charge is 0.325 e. The van der Waals surface area contributed by atoms with Crippen molar-refractivity contribution in [3.05, 3.63) is 12.7 Å². The molecule has 0 aliphatic rings. The number of hydrogen-bond acceptors (Lipinski definition) is 2. The minimum absolute atomic E-state index is 1.75. The average Bonchev–Trinajstić information content (AvgIpc) is 1.52. The van der Waals surface area contributed by atoms with Gasteiger partial charge in [-0.3, -0.25) is 0 Å². The fraction of sp³-hybridized carbons (Fsp3) is 0.333. The third kappa shape index (κ3) is 2330. The summed E-state index contributed by atoms with van der Waals surface area (Å²) in [7, 11) is 0. The van der Waals surface area contributed by atoms with Crippen molar-refractivity contribution >= 4 is 37.1 Å². The predicted octanol–water partition coefficient (Wildman–Crippen LogP) is -0.432. The summed E-state index contributed by atoms with van der Waals surface area (Å²) in [5.74, 6) is 0. The molecule has 0 heterocycles. The smallest absolute Gasteiger partial charge is 0.319 e. The van der Waals surface area contributed by atoms with Gasteiger partial charge in [-0.2, -0.15) is 0 Å². The zero-order valence-electron chi connectivity index (χ0n) is 6.68. The Labute approximate surface area is 86.3 Å². The normalized spacial score (nSPS) is 10.1. The summed E-state index contributed by atoms with van der Waals surface area (Å²) in [4.78, 5) is 45.3. The standard InChI is InChI=1S/C3H6.2H3O3PS/c1-3-2;2*1-4(2,3)5/h3H,1H2,2H3;2*(H3,1,2,3,5). The van der Waals surface area contributed by atoms with Crippen LogP contribution in [0.25, 0.3) is 0 Å². The van der Waals surface area contributed by atoms with Crippen LogP contribution < -0.4 is 0 Å². The minimum Gasteiger partial charge on any atom is -0.325 e. The summed E-state index contributed by atoms with van der Waals surface area (Å²) in [5, 5.41) is 0. The molecule has 0 bridgehead atoms. The lowest BCUT2D eigenvalue weighted by Gasteiger charge is -1.88. The Hall–Kier alpha value is 0.800. The van der Waals surface area contributed by atoms with Gasteiger partial charge in [0.05, 0.1) is 0 Å². The molecule has 0 aliphatic heterocycles. The summed E-state index contributed by atoms with van der Waals surface area (Å²) in [5.41, 5.74) is 0. The van der Waals surface area contributed by atoms with E-state index in [0.717, 1.165) is 0 Å². The first kappa shape index (κ1) is 19.4. The van der Waals surface area contributed by atoms with Gasteiger partial charge in [-0.15, -0.1) is 6.58 Å². The molecule has 0 aromatic rings. The Morgan fingerprint density at radius 2 is 0.923 bits per heavy atom. The molecule has 0 atom stereocenters. The van der Waals surface area contributed by atoms with E-state index in [1.807, 2.05) is 6.92 Å². The van der Waals surface area contributed by atoms with Crippen LogP contribution in [0.3, 0.4) is 0 Å². The van der Waals surface area contributed by atoms with Crippen molar-refractivity contribution in [2.24, 2.45) is 0 Å². The SMILES string of the molecule is C=CC.OP(O)(O)=S.OP(O)(O)=S. The van der Waals surface area contributed by atoms with Gasteiger partial charge in [-0.05, 0) is 30.5 Å². The summed E-state index contributed by atoms with van der Waals surface area (Å²) in [6.07, 6.45) is 1.75. The molecular formula is C3H12O6P2S2. The molecule has 10 heteroatoms. The Morgan fingerprint density at radius 1 is 0.923 bits per heavy atom. The van der Waals surface area contributed by atoms with Gasteiger partial charge in [0.2, 0.25) is 0 Å². The first-order valence-corrected chi connectivity index (χ1v) is 7.87. The Kier molecular flexibility index (Phi) is 14.0. The van der Waals surface area contributed by atoms with Gasteiger partial charge >= 0.3 is 13.4 Å². The quantitative estimate of drug-likeness (QED) is 0.259. The van der Waals surface area contributed by atoms with Crippen molar-refractivity contribution < 1.29 is 29.4 Å². The van der Waals surface area contributed by atoms with Gasteiger partial charge in [0.15, 0.2) is 0 Å². The molecule has 0 saturated heterocycles. The van der Waals surface area contributed by atoms with E-state index in [0.29, 0.717) is 0 Å². The highest BCUT2D eigenvalue weighted by Crippen LogP contribution is 2.26. The van der Waals surface area contributed by atoms with E-state index < -0.39 is 13.4 Å². The first-order chi connectivity index (χ1) is 5.41. The lowest BCUT2D eigenvalue weighted by atomic mass is 10.8. The van der Waals surface area contributed by atoms with Crippen LogP contribution in [-0.2, 0) is 23.6 Å². The van der Waals surface area contributed by atoms with Crippen molar-refractivity contribution in [1.29, 1.82) is 0 Å². The van der Waals surface area contributed by atoms with E-state index in [4.69, 9.17) is 29.4 Å². The van der Waals surface area contributed by atoms with Crippen molar-refractivity contribution in [2.45, 2.75) is 6.92 Å². The van der Waals surface area contributed by atoms with Crippen LogP contribution in [-0.4, -0.2) is 29.4 Å². The third-order valence-corrected chi connectivity index (χ3v) is 0. The molecule has 13 heavy (non-hydrogen) atoms. The van der Waals surface area contributed by atoms with E-state index in [9.17, 15) is 0 Å². The van der Waals surface area contributed by atoms with Gasteiger partial charge in [-0.1, -0.05) is 6.08 Å². The van der Waals surface area contributed by atoms with Gasteiger partial charge < -0.3 is 29.4 Å². The summed E-state index contributed by atoms with van der Waals surface area (Å²) < 4.78 is 0. The van der Waals surface area contributed by atoms with Gasteiger partial charge in [0.25, 0.3) is 0 Å². The maximum atomic E-state index is 7.56. The maximum Gasteiger partial charge on any atom is 0.319 e. The van der Waals surface area contributed by atoms with Crippen LogP contribution in [0.1, 0.15) is 6.92 Å². The molecule has 0 aliphatic carbocycles. The molecule has 0 unspecified atom stereocenters. The summed E-state index contributed by atoms with van der Waals surface area (Å²) in [6.45, 7) is -2.36. The Morgan fingerprint density at radius 3 is 0.923 bits per heavy atom. The second-order valence-electron chi connectivity index (χ2n) is 1.43. The molecule has 0 aromatic carbocycles. The fourth-order valence-corrected chi connectivity index (χ4v) is 0. The molecular weight excluding hydrogens is 258 g/mol. The molecule has 82 valence electrons. The Bertz CT molecular complexity index is 169. The van der Waals surface area contributed by atoms with Crippen LogP contribution in [0.15, 0.2) is 12.7 Å². The minimum atomic E-state index is -3.81. The highest BCUT2D eigenvalue weighted by molar-refractivity contribution is 8.06. The van der Waals surface area contributed by atoms with Crippen molar-refractivity contribution in [3.8, 4) is 0 Å². The molecule has 0 rings (SSSR count). The second kappa shape index (κ2) is 9.36. The average molecular weight is 270 g/mol. The van der Waals surface area contributed by atoms with E-state index in [1.54, 1.807) is 6.08 Å². The van der Waals surface area contributed by atoms with E-state index in [-0.39, 0.29) is 0 Å². The highest BCUT2D eigenvalue weighted by Gasteiger charge is 1.92. The first-order valence-electron chi connectivity index (χ1n) is 2.55. The van der Waals surface area contributed by atoms with Gasteiger partial charge in [0.1, 0.15) is 0 Å². The van der Waals surface area contributed by atoms with Crippen molar-refractivity contribution in [3.63, 3.8) is 0 Å². The van der Waals surface area contributed by atoms with E-state index >= 15 is 0 Å². The molecule has 0 aromatic heterocycles. The second-order valence-corrected chi connectivity index (χ2v) is 6.43. The molecule has 6 N–H and O–H groups in total. The van der Waals surface area contributed by atoms with Crippen LogP contribution in [0.4, 0.5) is 0 Å². The van der Waals surface area contributed by atoms with Crippen LogP contribution in [0.2, 0.25) is 0 Å². The summed E-state index contributed by atoms with van der Waals surface area (Å²) in [6, 6.07) is 0. The van der Waals surface area contributed by atoms with Gasteiger partial charge in [0, 0.05) is 0 Å². The maximum absolute atomic E-state index is 7.56. The van der Waals surface area contributed by atoms with E-state index in [2.05, 4.69) is 30.2 Å². The van der Waals surface area contributed by atoms with Gasteiger partial charge in [-0.25, -0.2) is 0 Å². The molecule has 6 nitrogen and oxygen atoms in total. The van der Waals surface area contributed by atoms with Crippen LogP contribution >= 0.6 is 13.4 Å². The fourth-order valence-electron chi connectivity index (χ4n) is 0. The topological polar surface area (TPSA) is 121 Å². The molecule has 0 spiro atoms. The van der Waals surface area contributed by atoms with Crippen molar-refractivity contribution in [2.75, 3.05) is 0 Å². The van der Waals surface area contributed by atoms with Crippen LogP contribution in [0.5, 0.6) is 0 Å². The lowest BCUT2D eigenvalue weighted by molar-refractivity contribution is 0.361. The number of hydrogen-bond donors (Lipinski definition) is 6. The highest BCUT2D eigenvalue weighted by atomic mass is 32.5. The third-order valence-electron chi connectivity index (χ3n) is 0. The monoisotopic (exact) mass is 270 g/mol. The molecule has 0 radical (unpaired) electrons. The number of allylic oxidation sites excluding steroid dienone is 1. The zero-order chi connectivity index (χ0) is 11.7. The molecule has 0 amide bonds. The lowest BCUT2D eigenvalue weighted by Crippen LogP contribution is -1.65. The molecule has 0 fully saturated rings. The van der Waals surface area contributed by atoms with Crippen molar-refractivity contribution in [1.82, 2.24) is 0 Å². The Balaban J connectivity index is -0.000000120. The summed E-state index contributed by atoms with van der Waals surface area (Å²) >= 11 is 7.21. The van der Waals surface area contributed by atoms with Crippen LogP contribution in [0, 0.1) is 0 Å². The zero-order valence-corrected chi connectivity index (χ0v) is 10.1.